The van der Waals surface area contributed by atoms with Crippen LogP contribution in [0.15, 0.2) is 162 Å². The second-order valence-electron chi connectivity index (χ2n) is 13.5. The van der Waals surface area contributed by atoms with Gasteiger partial charge in [0.25, 0.3) is 0 Å². The van der Waals surface area contributed by atoms with E-state index in [1.807, 2.05) is 48.5 Å². The van der Waals surface area contributed by atoms with Crippen molar-refractivity contribution in [3.8, 4) is 28.6 Å². The van der Waals surface area contributed by atoms with Crippen LogP contribution in [0.4, 0.5) is 5.69 Å². The van der Waals surface area contributed by atoms with Crippen LogP contribution in [0.3, 0.4) is 0 Å². The van der Waals surface area contributed by atoms with Crippen molar-refractivity contribution in [1.82, 2.24) is 9.13 Å². The summed E-state index contributed by atoms with van der Waals surface area (Å²) in [7, 11) is 0. The van der Waals surface area contributed by atoms with Gasteiger partial charge in [0.2, 0.25) is 5.69 Å². The van der Waals surface area contributed by atoms with Crippen molar-refractivity contribution in [2.45, 2.75) is 0 Å². The molecule has 244 valence electrons. The molecule has 0 unspecified atom stereocenters. The summed E-state index contributed by atoms with van der Waals surface area (Å²) < 4.78 is 10.6. The summed E-state index contributed by atoms with van der Waals surface area (Å²) >= 11 is 0. The number of hydrogen-bond acceptors (Lipinski definition) is 2. The van der Waals surface area contributed by atoms with Gasteiger partial charge in [-0.05, 0) is 70.4 Å². The van der Waals surface area contributed by atoms with Crippen LogP contribution in [0.1, 0.15) is 5.56 Å². The summed E-state index contributed by atoms with van der Waals surface area (Å²) in [5.41, 5.74) is 9.93. The van der Waals surface area contributed by atoms with Crippen molar-refractivity contribution in [1.29, 1.82) is 5.26 Å². The van der Waals surface area contributed by atoms with Crippen LogP contribution in [0.2, 0.25) is 0 Å². The van der Waals surface area contributed by atoms with Gasteiger partial charge in [-0.2, -0.15) is 5.26 Å². The highest BCUT2D eigenvalue weighted by Gasteiger charge is 2.23. The number of furan rings is 1. The Kier molecular flexibility index (Phi) is 6.02. The zero-order chi connectivity index (χ0) is 35.2. The first kappa shape index (κ1) is 29.2. The molecule has 0 saturated heterocycles. The Morgan fingerprint density at radius 2 is 1.21 bits per heavy atom. The first-order chi connectivity index (χ1) is 26.2. The zero-order valence-corrected chi connectivity index (χ0v) is 28.2. The fourth-order valence-electron chi connectivity index (χ4n) is 8.42. The second-order valence-corrected chi connectivity index (χ2v) is 13.5. The van der Waals surface area contributed by atoms with Crippen LogP contribution < -0.4 is 0 Å². The number of fused-ring (bicyclic) bond motifs is 11. The summed E-state index contributed by atoms with van der Waals surface area (Å²) in [5, 5.41) is 19.6. The van der Waals surface area contributed by atoms with Gasteiger partial charge in [0.1, 0.15) is 17.2 Å². The minimum absolute atomic E-state index is 0.447. The average Bonchev–Trinajstić information content (AvgIpc) is 3.86. The molecule has 3 aromatic heterocycles. The molecule has 5 nitrogen and oxygen atoms in total. The molecule has 0 radical (unpaired) electrons. The van der Waals surface area contributed by atoms with Gasteiger partial charge < -0.3 is 13.6 Å². The summed E-state index contributed by atoms with van der Waals surface area (Å²) in [5.74, 6) is 0. The SMILES string of the molecule is [C-]#[N+]c1cc(-n2c3ccc(-c4ccccc4)cc3c3c4ccccc4ccc32)c(C#N)cc1-n1c2ccccc2c2cc3c(cc21)oc1ccccc13. The molecule has 0 saturated carbocycles. The molecule has 0 spiro atoms. The quantitative estimate of drug-likeness (QED) is 0.175. The normalized spacial score (nSPS) is 11.7. The molecule has 0 bridgehead atoms. The van der Waals surface area contributed by atoms with Crippen molar-refractivity contribution in [3.05, 3.63) is 175 Å². The standard InChI is InChI=1S/C48H26N4O/c1-50-39-26-43(51-41-21-20-31(29-11-3-2-4-12-29)23-38(41)48-33-14-6-5-13-30(33)19-22-42(48)51)32(28-49)24-45(39)52-40-17-9-7-15-34(40)36-25-37-35-16-8-10-18-46(35)53-47(37)27-44(36)52/h2-27H. The van der Waals surface area contributed by atoms with Crippen LogP contribution in [-0.2, 0) is 0 Å². The van der Waals surface area contributed by atoms with E-state index < -0.39 is 0 Å². The maximum atomic E-state index is 10.9. The van der Waals surface area contributed by atoms with E-state index in [0.717, 1.165) is 87.4 Å². The number of benzene rings is 8. The Balaban J connectivity index is 1.21. The largest absolute Gasteiger partial charge is 0.456 e. The molecule has 8 aromatic carbocycles. The third kappa shape index (κ3) is 4.11. The van der Waals surface area contributed by atoms with E-state index >= 15 is 0 Å². The van der Waals surface area contributed by atoms with E-state index in [1.165, 1.54) is 0 Å². The predicted octanol–water partition coefficient (Wildman–Crippen LogP) is 13.0. The topological polar surface area (TPSA) is 51.1 Å². The first-order valence-electron chi connectivity index (χ1n) is 17.5. The zero-order valence-electron chi connectivity index (χ0n) is 28.2. The Hall–Kier alpha value is -7.60. The molecule has 0 aliphatic carbocycles. The Labute approximate surface area is 303 Å². The minimum Gasteiger partial charge on any atom is -0.456 e. The highest BCUT2D eigenvalue weighted by molar-refractivity contribution is 6.22. The van der Waals surface area contributed by atoms with Crippen LogP contribution in [-0.4, -0.2) is 9.13 Å². The fraction of sp³-hybridized carbons (Fsp3) is 0. The number of nitrogens with zero attached hydrogens (tertiary/aromatic N) is 4. The van der Waals surface area contributed by atoms with Crippen molar-refractivity contribution in [2.75, 3.05) is 0 Å². The maximum Gasteiger partial charge on any atom is 0.212 e. The summed E-state index contributed by atoms with van der Waals surface area (Å²) in [6.07, 6.45) is 0. The van der Waals surface area contributed by atoms with Gasteiger partial charge in [-0.3, -0.25) is 0 Å². The van der Waals surface area contributed by atoms with Gasteiger partial charge in [0.05, 0.1) is 45.6 Å². The van der Waals surface area contributed by atoms with Gasteiger partial charge in [0.15, 0.2) is 0 Å². The van der Waals surface area contributed by atoms with Crippen molar-refractivity contribution in [2.24, 2.45) is 0 Å². The number of aromatic nitrogens is 2. The van der Waals surface area contributed by atoms with Crippen LogP contribution in [0, 0.1) is 17.9 Å². The Morgan fingerprint density at radius 1 is 0.491 bits per heavy atom. The minimum atomic E-state index is 0.447. The molecule has 0 N–H and O–H groups in total. The molecule has 11 aromatic rings. The van der Waals surface area contributed by atoms with Crippen molar-refractivity contribution < 1.29 is 4.42 Å². The second kappa shape index (κ2) is 10.9. The van der Waals surface area contributed by atoms with Gasteiger partial charge >= 0.3 is 0 Å². The molecule has 0 fully saturated rings. The van der Waals surface area contributed by atoms with E-state index in [9.17, 15) is 5.26 Å². The van der Waals surface area contributed by atoms with Gasteiger partial charge in [-0.15, -0.1) is 0 Å². The molecule has 0 atom stereocenters. The number of rotatable bonds is 3. The highest BCUT2D eigenvalue weighted by atomic mass is 16.3. The van der Waals surface area contributed by atoms with Gasteiger partial charge in [0, 0.05) is 38.4 Å². The average molecular weight is 675 g/mol. The van der Waals surface area contributed by atoms with E-state index in [4.69, 9.17) is 11.0 Å². The maximum absolute atomic E-state index is 10.9. The van der Waals surface area contributed by atoms with E-state index in [1.54, 1.807) is 0 Å². The van der Waals surface area contributed by atoms with Crippen LogP contribution in [0.5, 0.6) is 0 Å². The summed E-state index contributed by atoms with van der Waals surface area (Å²) in [6, 6.07) is 56.5. The molecular weight excluding hydrogens is 649 g/mol. The predicted molar refractivity (Wildman–Crippen MR) is 216 cm³/mol. The molecule has 5 heteroatoms. The van der Waals surface area contributed by atoms with Crippen molar-refractivity contribution in [3.63, 3.8) is 0 Å². The lowest BCUT2D eigenvalue weighted by atomic mass is 10.0. The van der Waals surface area contributed by atoms with E-state index in [2.05, 4.69) is 129 Å². The molecule has 53 heavy (non-hydrogen) atoms. The smallest absolute Gasteiger partial charge is 0.212 e. The molecule has 0 amide bonds. The third-order valence-electron chi connectivity index (χ3n) is 10.7. The highest BCUT2D eigenvalue weighted by Crippen LogP contribution is 2.44. The molecular formula is C48H26N4O. The monoisotopic (exact) mass is 674 g/mol. The Bertz CT molecular complexity index is 3420. The number of para-hydroxylation sites is 2. The first-order valence-corrected chi connectivity index (χ1v) is 17.5. The summed E-state index contributed by atoms with van der Waals surface area (Å²) in [6.45, 7) is 8.52. The number of hydrogen-bond donors (Lipinski definition) is 0. The lowest BCUT2D eigenvalue weighted by Crippen LogP contribution is -2.01. The van der Waals surface area contributed by atoms with Crippen LogP contribution in [0.25, 0.3) is 104 Å². The lowest BCUT2D eigenvalue weighted by Gasteiger charge is -2.16. The molecule has 3 heterocycles. The van der Waals surface area contributed by atoms with Crippen LogP contribution >= 0.6 is 0 Å². The Morgan fingerprint density at radius 3 is 2.06 bits per heavy atom. The third-order valence-corrected chi connectivity index (χ3v) is 10.7. The molecule has 0 aliphatic heterocycles. The molecule has 11 rings (SSSR count). The van der Waals surface area contributed by atoms with Crippen molar-refractivity contribution >= 4 is 82.0 Å². The lowest BCUT2D eigenvalue weighted by molar-refractivity contribution is 0.669. The van der Waals surface area contributed by atoms with E-state index in [-0.39, 0.29) is 0 Å². The molecule has 0 aliphatic rings. The fourth-order valence-corrected chi connectivity index (χ4v) is 8.42. The van der Waals surface area contributed by atoms with Gasteiger partial charge in [-0.25, -0.2) is 4.85 Å². The number of nitriles is 1. The van der Waals surface area contributed by atoms with Gasteiger partial charge in [-0.1, -0.05) is 103 Å². The summed E-state index contributed by atoms with van der Waals surface area (Å²) in [4.78, 5) is 4.13. The van der Waals surface area contributed by atoms with E-state index in [0.29, 0.717) is 22.6 Å².